The minimum Gasteiger partial charge on any atom is -0.493 e. The number of halogens is 2. The second-order valence-corrected chi connectivity index (χ2v) is 6.13. The average Bonchev–Trinajstić information content (AvgIpc) is 2.67. The van der Waals surface area contributed by atoms with Crippen LogP contribution < -0.4 is 14.8 Å². The van der Waals surface area contributed by atoms with Crippen LogP contribution in [0.5, 0.6) is 11.5 Å². The van der Waals surface area contributed by atoms with Crippen molar-refractivity contribution in [3.63, 3.8) is 0 Å². The molecule has 0 spiro atoms. The Hall–Kier alpha value is -2.72. The molecule has 0 unspecified atom stereocenters. The highest BCUT2D eigenvalue weighted by Gasteiger charge is 2.08. The van der Waals surface area contributed by atoms with E-state index in [9.17, 15) is 4.39 Å². The molecule has 0 saturated carbocycles. The normalized spacial score (nSPS) is 10.4. The van der Waals surface area contributed by atoms with Crippen LogP contribution in [0.3, 0.4) is 0 Å². The second-order valence-electron chi connectivity index (χ2n) is 5.73. The van der Waals surface area contributed by atoms with Crippen molar-refractivity contribution in [1.29, 1.82) is 0 Å². The molecule has 0 bridgehead atoms. The van der Waals surface area contributed by atoms with Gasteiger partial charge in [0, 0.05) is 22.8 Å². The van der Waals surface area contributed by atoms with E-state index in [2.05, 4.69) is 5.32 Å². The molecule has 0 saturated heterocycles. The third-order valence-electron chi connectivity index (χ3n) is 3.91. The van der Waals surface area contributed by atoms with E-state index >= 15 is 0 Å². The molecule has 3 nitrogen and oxygen atoms in total. The summed E-state index contributed by atoms with van der Waals surface area (Å²) in [5.74, 6) is 1.05. The van der Waals surface area contributed by atoms with Crippen molar-refractivity contribution in [2.45, 2.75) is 13.2 Å². The zero-order valence-corrected chi connectivity index (χ0v) is 15.1. The molecule has 1 N–H and O–H groups in total. The van der Waals surface area contributed by atoms with Crippen LogP contribution >= 0.6 is 11.6 Å². The summed E-state index contributed by atoms with van der Waals surface area (Å²) in [6.07, 6.45) is 0. The van der Waals surface area contributed by atoms with E-state index in [1.54, 1.807) is 19.2 Å². The Morgan fingerprint density at radius 3 is 2.46 bits per heavy atom. The third kappa shape index (κ3) is 4.67. The lowest BCUT2D eigenvalue weighted by atomic mass is 10.2. The first-order valence-corrected chi connectivity index (χ1v) is 8.56. The molecular weight excluding hydrogens is 353 g/mol. The fourth-order valence-corrected chi connectivity index (χ4v) is 2.67. The van der Waals surface area contributed by atoms with E-state index in [1.807, 2.05) is 42.5 Å². The molecule has 3 rings (SSSR count). The van der Waals surface area contributed by atoms with Crippen molar-refractivity contribution in [3.05, 3.63) is 88.7 Å². The number of methoxy groups -OCH3 is 1. The van der Waals surface area contributed by atoms with E-state index in [-0.39, 0.29) is 5.82 Å². The molecule has 5 heteroatoms. The minimum atomic E-state index is -0.253. The quantitative estimate of drug-likeness (QED) is 0.579. The molecular formula is C21H19ClFNO2. The Kier molecular flexibility index (Phi) is 5.97. The smallest absolute Gasteiger partial charge is 0.161 e. The molecule has 3 aromatic carbocycles. The fourth-order valence-electron chi connectivity index (χ4n) is 2.48. The van der Waals surface area contributed by atoms with Gasteiger partial charge in [0.25, 0.3) is 0 Å². The van der Waals surface area contributed by atoms with Crippen LogP contribution in [0.2, 0.25) is 5.02 Å². The summed E-state index contributed by atoms with van der Waals surface area (Å²) >= 11 is 6.16. The van der Waals surface area contributed by atoms with Crippen LogP contribution in [0.4, 0.5) is 10.1 Å². The highest BCUT2D eigenvalue weighted by atomic mass is 35.5. The number of ether oxygens (including phenoxy) is 2. The molecule has 0 radical (unpaired) electrons. The topological polar surface area (TPSA) is 30.5 Å². The summed E-state index contributed by atoms with van der Waals surface area (Å²) in [5.41, 5.74) is 2.79. The van der Waals surface area contributed by atoms with Gasteiger partial charge >= 0.3 is 0 Å². The van der Waals surface area contributed by atoms with Crippen LogP contribution in [0, 0.1) is 5.82 Å². The molecule has 0 atom stereocenters. The molecule has 0 heterocycles. The maximum atomic E-state index is 12.9. The Bertz CT molecular complexity index is 868. The molecule has 134 valence electrons. The Labute approximate surface area is 157 Å². The predicted octanol–water partition coefficient (Wildman–Crippen LogP) is 5.68. The third-order valence-corrected chi connectivity index (χ3v) is 4.28. The van der Waals surface area contributed by atoms with Crippen molar-refractivity contribution >= 4 is 17.3 Å². The maximum absolute atomic E-state index is 12.9. The lowest BCUT2D eigenvalue weighted by Gasteiger charge is -2.13. The molecule has 0 aliphatic carbocycles. The van der Waals surface area contributed by atoms with E-state index in [1.165, 1.54) is 12.1 Å². The van der Waals surface area contributed by atoms with Crippen LogP contribution in [0.25, 0.3) is 0 Å². The first-order chi connectivity index (χ1) is 12.7. The first-order valence-electron chi connectivity index (χ1n) is 8.18. The van der Waals surface area contributed by atoms with Crippen molar-refractivity contribution < 1.29 is 13.9 Å². The van der Waals surface area contributed by atoms with Gasteiger partial charge < -0.3 is 14.8 Å². The number of rotatable bonds is 7. The summed E-state index contributed by atoms with van der Waals surface area (Å²) in [7, 11) is 1.61. The van der Waals surface area contributed by atoms with Crippen molar-refractivity contribution in [3.8, 4) is 11.5 Å². The Morgan fingerprint density at radius 1 is 0.962 bits per heavy atom. The number of hydrogen-bond donors (Lipinski definition) is 1. The van der Waals surface area contributed by atoms with Gasteiger partial charge in [-0.15, -0.1) is 0 Å². The number of hydrogen-bond acceptors (Lipinski definition) is 3. The molecule has 3 aromatic rings. The summed E-state index contributed by atoms with van der Waals surface area (Å²) in [6, 6.07) is 19.6. The zero-order chi connectivity index (χ0) is 18.4. The maximum Gasteiger partial charge on any atom is 0.161 e. The number of anilines is 1. The Morgan fingerprint density at radius 2 is 1.73 bits per heavy atom. The van der Waals surface area contributed by atoms with E-state index in [4.69, 9.17) is 21.1 Å². The van der Waals surface area contributed by atoms with Crippen molar-refractivity contribution in [2.75, 3.05) is 12.4 Å². The van der Waals surface area contributed by atoms with Gasteiger partial charge in [-0.05, 0) is 48.0 Å². The molecule has 0 amide bonds. The Balaban J connectivity index is 1.65. The van der Waals surface area contributed by atoms with Gasteiger partial charge in [-0.2, -0.15) is 0 Å². The van der Waals surface area contributed by atoms with Gasteiger partial charge in [-0.3, -0.25) is 0 Å². The predicted molar refractivity (Wildman–Crippen MR) is 103 cm³/mol. The lowest BCUT2D eigenvalue weighted by molar-refractivity contribution is 0.284. The van der Waals surface area contributed by atoms with Gasteiger partial charge in [-0.25, -0.2) is 4.39 Å². The van der Waals surface area contributed by atoms with Crippen molar-refractivity contribution in [2.24, 2.45) is 0 Å². The summed E-state index contributed by atoms with van der Waals surface area (Å²) in [4.78, 5) is 0. The van der Waals surface area contributed by atoms with Gasteiger partial charge in [0.05, 0.1) is 7.11 Å². The minimum absolute atomic E-state index is 0.253. The zero-order valence-electron chi connectivity index (χ0n) is 14.3. The molecule has 0 aromatic heterocycles. The average molecular weight is 372 g/mol. The van der Waals surface area contributed by atoms with Gasteiger partial charge in [0.1, 0.15) is 12.4 Å². The van der Waals surface area contributed by atoms with E-state index in [0.29, 0.717) is 29.7 Å². The van der Waals surface area contributed by atoms with Crippen LogP contribution in [-0.4, -0.2) is 7.11 Å². The summed E-state index contributed by atoms with van der Waals surface area (Å²) in [5, 5.41) is 3.92. The largest absolute Gasteiger partial charge is 0.493 e. The lowest BCUT2D eigenvalue weighted by Crippen LogP contribution is -2.02. The van der Waals surface area contributed by atoms with Gasteiger partial charge in [0.2, 0.25) is 0 Å². The van der Waals surface area contributed by atoms with Crippen LogP contribution in [0.1, 0.15) is 11.1 Å². The molecule has 0 aliphatic rings. The second kappa shape index (κ2) is 8.59. The fraction of sp³-hybridized carbons (Fsp3) is 0.143. The highest BCUT2D eigenvalue weighted by Crippen LogP contribution is 2.30. The van der Waals surface area contributed by atoms with E-state index < -0.39 is 0 Å². The monoisotopic (exact) mass is 371 g/mol. The summed E-state index contributed by atoms with van der Waals surface area (Å²) < 4.78 is 24.2. The number of benzene rings is 3. The molecule has 0 aliphatic heterocycles. The van der Waals surface area contributed by atoms with Gasteiger partial charge in [-0.1, -0.05) is 35.9 Å². The number of nitrogens with one attached hydrogen (secondary N) is 1. The van der Waals surface area contributed by atoms with Crippen LogP contribution in [0.15, 0.2) is 66.7 Å². The molecule has 26 heavy (non-hydrogen) atoms. The van der Waals surface area contributed by atoms with E-state index in [0.717, 1.165) is 16.8 Å². The van der Waals surface area contributed by atoms with Gasteiger partial charge in [0.15, 0.2) is 11.5 Å². The molecule has 0 fully saturated rings. The summed E-state index contributed by atoms with van der Waals surface area (Å²) in [6.45, 7) is 0.954. The first kappa shape index (κ1) is 18.1. The van der Waals surface area contributed by atoms with Crippen molar-refractivity contribution in [1.82, 2.24) is 0 Å². The SMILES string of the molecule is COc1cc(CNc2ccc(F)cc2)ccc1OCc1ccccc1Cl. The highest BCUT2D eigenvalue weighted by molar-refractivity contribution is 6.31. The van der Waals surface area contributed by atoms with Crippen LogP contribution in [-0.2, 0) is 13.2 Å². The standard InChI is InChI=1S/C21H19ClFNO2/c1-25-21-12-15(13-24-18-9-7-17(23)8-10-18)6-11-20(21)26-14-16-4-2-3-5-19(16)22/h2-12,24H,13-14H2,1H3.